The van der Waals surface area contributed by atoms with Crippen LogP contribution >= 0.6 is 0 Å². The van der Waals surface area contributed by atoms with Crippen molar-refractivity contribution < 1.29 is 34.0 Å². The Kier molecular flexibility index (Phi) is 2.28. The van der Waals surface area contributed by atoms with Crippen LogP contribution in [0.4, 0.5) is 0 Å². The Morgan fingerprint density at radius 2 is 1.96 bits per heavy atom. The molecule has 0 bridgehead atoms. The van der Waals surface area contributed by atoms with Crippen molar-refractivity contribution in [3.05, 3.63) is 11.1 Å². The fourth-order valence-corrected chi connectivity index (χ4v) is 7.71. The van der Waals surface area contributed by atoms with Crippen molar-refractivity contribution in [2.75, 3.05) is 6.61 Å². The van der Waals surface area contributed by atoms with Gasteiger partial charge in [0.2, 0.25) is 0 Å². The van der Waals surface area contributed by atoms with Crippen LogP contribution in [-0.2, 0) is 23.7 Å². The lowest BCUT2D eigenvalue weighted by Crippen LogP contribution is -2.71. The lowest BCUT2D eigenvalue weighted by Gasteiger charge is -2.53. The van der Waals surface area contributed by atoms with Gasteiger partial charge in [0.1, 0.15) is 30.5 Å². The van der Waals surface area contributed by atoms with E-state index in [2.05, 4.69) is 6.92 Å². The molecular formula is C20H24O7. The Balaban J connectivity index is 1.38. The summed E-state index contributed by atoms with van der Waals surface area (Å²) in [6.45, 7) is 5.96. The first-order valence-corrected chi connectivity index (χ1v) is 9.98. The zero-order chi connectivity index (χ0) is 18.8. The van der Waals surface area contributed by atoms with E-state index >= 15 is 0 Å². The minimum absolute atomic E-state index is 0.150. The minimum atomic E-state index is -1.19. The topological polar surface area (TPSA) is 104 Å². The number of epoxide rings is 3. The number of aliphatic hydroxyl groups is 2. The maximum absolute atomic E-state index is 12.1. The molecular weight excluding hydrogens is 352 g/mol. The molecule has 7 rings (SSSR count). The second-order valence-electron chi connectivity index (χ2n) is 10.3. The maximum Gasteiger partial charge on any atom is 0.334 e. The largest absolute Gasteiger partial charge is 0.458 e. The summed E-state index contributed by atoms with van der Waals surface area (Å²) in [5.74, 6) is -0.0273. The molecule has 9 atom stereocenters. The van der Waals surface area contributed by atoms with Gasteiger partial charge in [0.05, 0.1) is 11.7 Å². The van der Waals surface area contributed by atoms with Crippen molar-refractivity contribution in [1.82, 2.24) is 0 Å². The van der Waals surface area contributed by atoms with Gasteiger partial charge in [-0.15, -0.1) is 0 Å². The van der Waals surface area contributed by atoms with Gasteiger partial charge in [-0.25, -0.2) is 4.79 Å². The molecule has 4 aliphatic heterocycles. The molecule has 0 aromatic rings. The number of esters is 1. The van der Waals surface area contributed by atoms with Gasteiger partial charge in [0.25, 0.3) is 0 Å². The molecule has 2 saturated carbocycles. The van der Waals surface area contributed by atoms with E-state index < -0.39 is 28.5 Å². The monoisotopic (exact) mass is 376 g/mol. The fraction of sp³-hybridized carbons (Fsp3) is 0.850. The smallest absolute Gasteiger partial charge is 0.334 e. The molecule has 0 aromatic heterocycles. The van der Waals surface area contributed by atoms with Crippen LogP contribution in [0, 0.1) is 11.3 Å². The molecule has 4 heterocycles. The van der Waals surface area contributed by atoms with Crippen LogP contribution in [0.2, 0.25) is 0 Å². The predicted octanol–water partition coefficient (Wildman–Crippen LogP) is 0.218. The molecule has 7 nitrogen and oxygen atoms in total. The summed E-state index contributed by atoms with van der Waals surface area (Å²) < 4.78 is 24.0. The summed E-state index contributed by atoms with van der Waals surface area (Å²) >= 11 is 0. The number of carbonyl (C=O) groups is 1. The molecule has 0 radical (unpaired) electrons. The highest BCUT2D eigenvalue weighted by Gasteiger charge is 3.01. The van der Waals surface area contributed by atoms with E-state index in [1.54, 1.807) is 13.8 Å². The van der Waals surface area contributed by atoms with Crippen LogP contribution in [0.25, 0.3) is 0 Å². The first kappa shape index (κ1) is 15.9. The van der Waals surface area contributed by atoms with Crippen LogP contribution in [0.15, 0.2) is 11.1 Å². The molecule has 2 spiro atoms. The Hall–Kier alpha value is -0.990. The number of cyclic esters (lactones) is 1. The predicted molar refractivity (Wildman–Crippen MR) is 88.5 cm³/mol. The number of carbonyl (C=O) groups excluding carboxylic acids is 1. The second kappa shape index (κ2) is 3.87. The average molecular weight is 376 g/mol. The van der Waals surface area contributed by atoms with Gasteiger partial charge in [-0.05, 0) is 44.6 Å². The van der Waals surface area contributed by atoms with Crippen molar-refractivity contribution in [3.8, 4) is 0 Å². The van der Waals surface area contributed by atoms with Gasteiger partial charge in [0.15, 0.2) is 11.2 Å². The first-order valence-electron chi connectivity index (χ1n) is 9.98. The van der Waals surface area contributed by atoms with Gasteiger partial charge >= 0.3 is 5.97 Å². The summed E-state index contributed by atoms with van der Waals surface area (Å²) in [6.07, 6.45) is 0.622. The van der Waals surface area contributed by atoms with E-state index in [4.69, 9.17) is 18.9 Å². The van der Waals surface area contributed by atoms with Crippen LogP contribution in [0.1, 0.15) is 40.0 Å². The third-order valence-corrected chi connectivity index (χ3v) is 9.10. The van der Waals surface area contributed by atoms with Gasteiger partial charge < -0.3 is 29.2 Å². The van der Waals surface area contributed by atoms with Gasteiger partial charge in [-0.3, -0.25) is 0 Å². The highest BCUT2D eigenvalue weighted by molar-refractivity contribution is 5.92. The Labute approximate surface area is 156 Å². The third kappa shape index (κ3) is 1.27. The van der Waals surface area contributed by atoms with Crippen molar-refractivity contribution in [2.45, 2.75) is 86.9 Å². The molecule has 146 valence electrons. The lowest BCUT2D eigenvalue weighted by molar-refractivity contribution is -0.136. The molecule has 7 aliphatic rings. The number of fused-ring (bicyclic) bond motifs is 4. The van der Waals surface area contributed by atoms with Crippen molar-refractivity contribution >= 4 is 5.97 Å². The number of hydrogen-bond acceptors (Lipinski definition) is 7. The molecule has 0 unspecified atom stereocenters. The average Bonchev–Trinajstić information content (AvgIpc) is 3.46. The van der Waals surface area contributed by atoms with Crippen molar-refractivity contribution in [1.29, 1.82) is 0 Å². The Bertz CT molecular complexity index is 859. The molecule has 0 amide bonds. The quantitative estimate of drug-likeness (QED) is 0.498. The zero-order valence-corrected chi connectivity index (χ0v) is 15.7. The first-order chi connectivity index (χ1) is 12.7. The molecule has 27 heavy (non-hydrogen) atoms. The zero-order valence-electron chi connectivity index (χ0n) is 15.7. The normalized spacial score (nSPS) is 61.7. The van der Waals surface area contributed by atoms with Crippen LogP contribution in [0.3, 0.4) is 0 Å². The summed E-state index contributed by atoms with van der Waals surface area (Å²) in [5.41, 5.74) is -1.97. The number of hydrogen-bond donors (Lipinski definition) is 2. The molecule has 2 N–H and O–H groups in total. The van der Waals surface area contributed by atoms with Crippen molar-refractivity contribution in [2.24, 2.45) is 11.3 Å². The van der Waals surface area contributed by atoms with E-state index in [1.807, 2.05) is 0 Å². The summed E-state index contributed by atoms with van der Waals surface area (Å²) in [6, 6.07) is 0. The summed E-state index contributed by atoms with van der Waals surface area (Å²) in [5, 5.41) is 22.2. The van der Waals surface area contributed by atoms with Gasteiger partial charge in [-0.2, -0.15) is 0 Å². The van der Waals surface area contributed by atoms with Gasteiger partial charge in [-0.1, -0.05) is 6.92 Å². The number of aliphatic hydroxyl groups excluding tert-OH is 1. The SMILES string of the molecule is CC(C)(O)[C@]12O[C@H]1[C@@H]1O[C@]13[C@]1(O[C@H]1C[C@@H]1C4=C(CC[C@@]13C)C(=O)OC4)[C@H]2O. The minimum Gasteiger partial charge on any atom is -0.458 e. The van der Waals surface area contributed by atoms with Crippen LogP contribution in [-0.4, -0.2) is 69.6 Å². The fourth-order valence-electron chi connectivity index (χ4n) is 7.71. The summed E-state index contributed by atoms with van der Waals surface area (Å²) in [7, 11) is 0. The van der Waals surface area contributed by atoms with E-state index in [-0.39, 0.29) is 35.6 Å². The van der Waals surface area contributed by atoms with E-state index in [0.717, 1.165) is 24.0 Å². The number of ether oxygens (including phenoxy) is 4. The third-order valence-electron chi connectivity index (χ3n) is 9.10. The van der Waals surface area contributed by atoms with E-state index in [1.165, 1.54) is 0 Å². The molecule has 7 heteroatoms. The second-order valence-corrected chi connectivity index (χ2v) is 10.3. The summed E-state index contributed by atoms with van der Waals surface area (Å²) in [4.78, 5) is 12.1. The van der Waals surface area contributed by atoms with Gasteiger partial charge in [0, 0.05) is 11.0 Å². The van der Waals surface area contributed by atoms with Crippen molar-refractivity contribution in [3.63, 3.8) is 0 Å². The number of rotatable bonds is 1. The Morgan fingerprint density at radius 1 is 1.19 bits per heavy atom. The molecule has 5 fully saturated rings. The molecule has 0 aromatic carbocycles. The highest BCUT2D eigenvalue weighted by Crippen LogP contribution is 2.83. The van der Waals surface area contributed by atoms with E-state index in [0.29, 0.717) is 13.0 Å². The lowest BCUT2D eigenvalue weighted by atomic mass is 9.46. The highest BCUT2D eigenvalue weighted by atomic mass is 16.8. The Morgan fingerprint density at radius 3 is 2.70 bits per heavy atom. The van der Waals surface area contributed by atoms with Crippen LogP contribution in [0.5, 0.6) is 0 Å². The molecule has 3 saturated heterocycles. The standard InChI is InChI=1S/C20H24O7/c1-16(2,23)19-12(26-19)13-20(27-13)17(3)5-4-8-9(7-24-14(8)21)10(17)6-11-18(20,25-11)15(19)22/h10-13,15,22-23H,4-7H2,1-3H3/t10-,11+,12+,13+,15-,17+,18-,19+,20-/m1/s1. The van der Waals surface area contributed by atoms with E-state index in [9.17, 15) is 15.0 Å². The maximum atomic E-state index is 12.1. The van der Waals surface area contributed by atoms with Crippen LogP contribution < -0.4 is 0 Å². The molecule has 3 aliphatic carbocycles.